The molecule has 1 rings (SSSR count). The third-order valence-corrected chi connectivity index (χ3v) is 2.96. The Morgan fingerprint density at radius 3 is 2.62 bits per heavy atom. The molecule has 4 heteroatoms. The summed E-state index contributed by atoms with van der Waals surface area (Å²) in [5, 5.41) is 8.72. The maximum absolute atomic E-state index is 11.6. The van der Waals surface area contributed by atoms with Gasteiger partial charge < -0.3 is 5.11 Å². The number of ketones is 1. The molecule has 0 unspecified atom stereocenters. The number of rotatable bonds is 5. The fourth-order valence-corrected chi connectivity index (χ4v) is 1.80. The lowest BCUT2D eigenvalue weighted by atomic mass is 10.0. The second kappa shape index (κ2) is 5.80. The Morgan fingerprint density at radius 2 is 2.06 bits per heavy atom. The van der Waals surface area contributed by atoms with Gasteiger partial charge in [0.15, 0.2) is 5.78 Å². The van der Waals surface area contributed by atoms with Crippen LogP contribution in [-0.2, 0) is 11.2 Å². The van der Waals surface area contributed by atoms with E-state index in [0.717, 1.165) is 10.9 Å². The first-order valence-corrected chi connectivity index (χ1v) is 5.87. The number of hydrogen-bond donors (Lipinski definition) is 1. The second-order valence-corrected chi connectivity index (χ2v) is 4.40. The van der Waals surface area contributed by atoms with Crippen LogP contribution in [-0.4, -0.2) is 16.9 Å². The van der Waals surface area contributed by atoms with E-state index >= 15 is 0 Å². The number of benzene rings is 1. The first-order valence-electron chi connectivity index (χ1n) is 5.08. The molecule has 0 saturated heterocycles. The van der Waals surface area contributed by atoms with Crippen LogP contribution in [0.5, 0.6) is 0 Å². The molecule has 0 aromatic heterocycles. The maximum Gasteiger partial charge on any atom is 0.307 e. The lowest BCUT2D eigenvalue weighted by Gasteiger charge is -2.05. The minimum atomic E-state index is -0.902. The van der Waals surface area contributed by atoms with E-state index in [1.54, 1.807) is 18.2 Å². The molecule has 86 valence electrons. The van der Waals surface area contributed by atoms with Gasteiger partial charge in [0, 0.05) is 16.5 Å². The van der Waals surface area contributed by atoms with E-state index in [9.17, 15) is 9.59 Å². The normalized spacial score (nSPS) is 10.1. The van der Waals surface area contributed by atoms with Gasteiger partial charge in [-0.3, -0.25) is 9.59 Å². The van der Waals surface area contributed by atoms with Crippen molar-refractivity contribution in [1.29, 1.82) is 0 Å². The van der Waals surface area contributed by atoms with Crippen LogP contribution in [0.25, 0.3) is 0 Å². The van der Waals surface area contributed by atoms with Crippen molar-refractivity contribution < 1.29 is 14.7 Å². The molecule has 0 radical (unpaired) electrons. The van der Waals surface area contributed by atoms with Crippen molar-refractivity contribution in [3.05, 3.63) is 33.8 Å². The third kappa shape index (κ3) is 3.45. The van der Waals surface area contributed by atoms with Crippen LogP contribution in [0.3, 0.4) is 0 Å². The zero-order chi connectivity index (χ0) is 12.1. The van der Waals surface area contributed by atoms with E-state index < -0.39 is 5.97 Å². The van der Waals surface area contributed by atoms with Gasteiger partial charge in [-0.25, -0.2) is 0 Å². The SMILES string of the molecule is CCCC(=O)c1ccc(Br)c(CC(=O)O)c1. The molecule has 0 bridgehead atoms. The molecule has 0 aliphatic heterocycles. The van der Waals surface area contributed by atoms with E-state index in [2.05, 4.69) is 15.9 Å². The van der Waals surface area contributed by atoms with E-state index in [4.69, 9.17) is 5.11 Å². The molecule has 0 spiro atoms. The Hall–Kier alpha value is -1.16. The van der Waals surface area contributed by atoms with Gasteiger partial charge in [0.1, 0.15) is 0 Å². The Labute approximate surface area is 103 Å². The standard InChI is InChI=1S/C12H13BrO3/c1-2-3-11(14)8-4-5-10(13)9(6-8)7-12(15)16/h4-6H,2-3,7H2,1H3,(H,15,16). The van der Waals surface area contributed by atoms with Crippen LogP contribution >= 0.6 is 15.9 Å². The highest BCUT2D eigenvalue weighted by atomic mass is 79.9. The van der Waals surface area contributed by atoms with Crippen molar-refractivity contribution in [3.8, 4) is 0 Å². The van der Waals surface area contributed by atoms with Crippen LogP contribution in [0.4, 0.5) is 0 Å². The van der Waals surface area contributed by atoms with E-state index in [0.29, 0.717) is 17.5 Å². The number of carboxylic acid groups (broad SMARTS) is 1. The Balaban J connectivity index is 2.97. The van der Waals surface area contributed by atoms with E-state index in [1.807, 2.05) is 6.92 Å². The summed E-state index contributed by atoms with van der Waals surface area (Å²) in [4.78, 5) is 22.3. The molecule has 3 nitrogen and oxygen atoms in total. The van der Waals surface area contributed by atoms with Crippen molar-refractivity contribution in [1.82, 2.24) is 0 Å². The smallest absolute Gasteiger partial charge is 0.307 e. The first-order chi connectivity index (χ1) is 7.54. The van der Waals surface area contributed by atoms with Crippen molar-refractivity contribution >= 4 is 27.7 Å². The Morgan fingerprint density at radius 1 is 1.38 bits per heavy atom. The molecule has 0 aliphatic rings. The zero-order valence-electron chi connectivity index (χ0n) is 9.00. The highest BCUT2D eigenvalue weighted by Crippen LogP contribution is 2.20. The number of Topliss-reactive ketones (excluding diaryl/α,β-unsaturated/α-hetero) is 1. The Kier molecular flexibility index (Phi) is 4.68. The molecule has 1 aromatic carbocycles. The zero-order valence-corrected chi connectivity index (χ0v) is 10.6. The largest absolute Gasteiger partial charge is 0.481 e. The summed E-state index contributed by atoms with van der Waals surface area (Å²) >= 11 is 3.27. The molecule has 0 fully saturated rings. The van der Waals surface area contributed by atoms with Crippen LogP contribution in [0.1, 0.15) is 35.7 Å². The van der Waals surface area contributed by atoms with Gasteiger partial charge >= 0.3 is 5.97 Å². The van der Waals surface area contributed by atoms with Crippen LogP contribution in [0.15, 0.2) is 22.7 Å². The van der Waals surface area contributed by atoms with Gasteiger partial charge in [0.25, 0.3) is 0 Å². The number of halogens is 1. The third-order valence-electron chi connectivity index (χ3n) is 2.19. The number of hydrogen-bond acceptors (Lipinski definition) is 2. The fourth-order valence-electron chi connectivity index (χ4n) is 1.42. The molecular formula is C12H13BrO3. The van der Waals surface area contributed by atoms with Crippen LogP contribution in [0, 0.1) is 0 Å². The number of carboxylic acids is 1. The monoisotopic (exact) mass is 284 g/mol. The summed E-state index contributed by atoms with van der Waals surface area (Å²) in [6, 6.07) is 5.09. The molecule has 16 heavy (non-hydrogen) atoms. The topological polar surface area (TPSA) is 54.4 Å². The first kappa shape index (κ1) is 12.9. The van der Waals surface area contributed by atoms with Gasteiger partial charge in [-0.1, -0.05) is 28.9 Å². The van der Waals surface area contributed by atoms with Gasteiger partial charge in [-0.15, -0.1) is 0 Å². The molecule has 0 aliphatic carbocycles. The predicted molar refractivity (Wildman–Crippen MR) is 64.7 cm³/mol. The van der Waals surface area contributed by atoms with Crippen molar-refractivity contribution in [3.63, 3.8) is 0 Å². The fraction of sp³-hybridized carbons (Fsp3) is 0.333. The molecule has 1 N–H and O–H groups in total. The van der Waals surface area contributed by atoms with E-state index in [1.165, 1.54) is 0 Å². The average Bonchev–Trinajstić information content (AvgIpc) is 2.21. The molecular weight excluding hydrogens is 272 g/mol. The van der Waals surface area contributed by atoms with Gasteiger partial charge in [0.2, 0.25) is 0 Å². The lowest BCUT2D eigenvalue weighted by molar-refractivity contribution is -0.136. The highest BCUT2D eigenvalue weighted by molar-refractivity contribution is 9.10. The second-order valence-electron chi connectivity index (χ2n) is 3.55. The predicted octanol–water partition coefficient (Wildman–Crippen LogP) is 3.06. The summed E-state index contributed by atoms with van der Waals surface area (Å²) in [6.45, 7) is 1.94. The molecule has 0 saturated carbocycles. The molecule has 1 aromatic rings. The summed E-state index contributed by atoms with van der Waals surface area (Å²) in [7, 11) is 0. The minimum Gasteiger partial charge on any atom is -0.481 e. The number of aliphatic carboxylic acids is 1. The van der Waals surface area contributed by atoms with Crippen molar-refractivity contribution in [2.45, 2.75) is 26.2 Å². The minimum absolute atomic E-state index is 0.0571. The summed E-state index contributed by atoms with van der Waals surface area (Å²) in [5.74, 6) is -0.845. The summed E-state index contributed by atoms with van der Waals surface area (Å²) in [6.07, 6.45) is 1.21. The van der Waals surface area contributed by atoms with Crippen molar-refractivity contribution in [2.75, 3.05) is 0 Å². The van der Waals surface area contributed by atoms with Crippen LogP contribution in [0.2, 0.25) is 0 Å². The molecule has 0 atom stereocenters. The quantitative estimate of drug-likeness (QED) is 0.846. The highest BCUT2D eigenvalue weighted by Gasteiger charge is 2.10. The molecule has 0 amide bonds. The van der Waals surface area contributed by atoms with Gasteiger partial charge in [-0.05, 0) is 24.1 Å². The average molecular weight is 285 g/mol. The maximum atomic E-state index is 11.6. The van der Waals surface area contributed by atoms with Gasteiger partial charge in [0.05, 0.1) is 6.42 Å². The number of carbonyl (C=O) groups is 2. The Bertz CT molecular complexity index is 413. The van der Waals surface area contributed by atoms with Crippen molar-refractivity contribution in [2.24, 2.45) is 0 Å². The lowest BCUT2D eigenvalue weighted by Crippen LogP contribution is -2.04. The summed E-state index contributed by atoms with van der Waals surface area (Å²) in [5.41, 5.74) is 1.22. The molecule has 0 heterocycles. The summed E-state index contributed by atoms with van der Waals surface area (Å²) < 4.78 is 0.725. The van der Waals surface area contributed by atoms with Crippen LogP contribution < -0.4 is 0 Å². The van der Waals surface area contributed by atoms with Gasteiger partial charge in [-0.2, -0.15) is 0 Å². The van der Waals surface area contributed by atoms with E-state index in [-0.39, 0.29) is 12.2 Å². The number of carbonyl (C=O) groups excluding carboxylic acids is 1.